The molecule has 2 amide bonds. The van der Waals surface area contributed by atoms with Gasteiger partial charge in [0.1, 0.15) is 5.75 Å². The van der Waals surface area contributed by atoms with Crippen LogP contribution in [0.15, 0.2) is 46.9 Å². The first-order valence-electron chi connectivity index (χ1n) is 7.51. The summed E-state index contributed by atoms with van der Waals surface area (Å²) in [5, 5.41) is 5.15. The van der Waals surface area contributed by atoms with Crippen LogP contribution in [0.5, 0.6) is 5.75 Å². The first-order chi connectivity index (χ1) is 11.4. The van der Waals surface area contributed by atoms with Crippen molar-refractivity contribution in [3.8, 4) is 5.75 Å². The van der Waals surface area contributed by atoms with Crippen LogP contribution in [0.3, 0.4) is 0 Å². The smallest absolute Gasteiger partial charge is 0.314 e. The molecule has 0 bridgehead atoms. The Balaban J connectivity index is 2.06. The summed E-state index contributed by atoms with van der Waals surface area (Å²) in [5.41, 5.74) is 1.98. The number of benzene rings is 2. The predicted molar refractivity (Wildman–Crippen MR) is 98.3 cm³/mol. The first kappa shape index (κ1) is 18.0. The lowest BCUT2D eigenvalue weighted by molar-refractivity contribution is -0.133. The van der Waals surface area contributed by atoms with Gasteiger partial charge in [-0.05, 0) is 56.7 Å². The molecule has 2 rings (SSSR count). The van der Waals surface area contributed by atoms with Gasteiger partial charge in [0, 0.05) is 10.2 Å². The summed E-state index contributed by atoms with van der Waals surface area (Å²) >= 11 is 3.39. The topological polar surface area (TPSA) is 67.4 Å². The van der Waals surface area contributed by atoms with E-state index in [1.165, 1.54) is 0 Å². The maximum absolute atomic E-state index is 12.1. The fourth-order valence-corrected chi connectivity index (χ4v) is 2.26. The molecule has 126 valence electrons. The molecular weight excluding hydrogens is 372 g/mol. The average molecular weight is 391 g/mol. The molecule has 6 heteroatoms. The molecule has 24 heavy (non-hydrogen) atoms. The van der Waals surface area contributed by atoms with Crippen molar-refractivity contribution < 1.29 is 14.3 Å². The Morgan fingerprint density at radius 3 is 2.38 bits per heavy atom. The third kappa shape index (κ3) is 4.83. The molecule has 5 nitrogen and oxygen atoms in total. The van der Waals surface area contributed by atoms with Crippen molar-refractivity contribution in [2.45, 2.75) is 26.9 Å². The van der Waals surface area contributed by atoms with Crippen molar-refractivity contribution >= 4 is 39.1 Å². The lowest BCUT2D eigenvalue weighted by Gasteiger charge is -2.14. The highest BCUT2D eigenvalue weighted by Gasteiger charge is 2.16. The predicted octanol–water partition coefficient (Wildman–Crippen LogP) is 4.12. The third-order valence-electron chi connectivity index (χ3n) is 3.12. The van der Waals surface area contributed by atoms with E-state index in [0.717, 1.165) is 10.0 Å². The average Bonchev–Trinajstić information content (AvgIpc) is 2.52. The Bertz CT molecular complexity index is 760. The summed E-state index contributed by atoms with van der Waals surface area (Å²) < 4.78 is 6.56. The molecule has 0 heterocycles. The largest absolute Gasteiger partial charge is 0.489 e. The van der Waals surface area contributed by atoms with Gasteiger partial charge in [-0.25, -0.2) is 0 Å². The van der Waals surface area contributed by atoms with E-state index in [1.807, 2.05) is 26.8 Å². The molecule has 0 aromatic heterocycles. The molecule has 0 aliphatic heterocycles. The molecule has 0 atom stereocenters. The number of halogens is 1. The van der Waals surface area contributed by atoms with Gasteiger partial charge in [0.15, 0.2) is 0 Å². The van der Waals surface area contributed by atoms with E-state index in [2.05, 4.69) is 26.6 Å². The lowest BCUT2D eigenvalue weighted by Crippen LogP contribution is -2.29. The standard InChI is InChI=1S/C18H19BrN2O3/c1-11(2)24-16-7-5-4-6-15(16)21-18(23)17(22)20-13-8-9-14(19)12(3)10-13/h4-11H,1-3H3,(H,20,22)(H,21,23). The summed E-state index contributed by atoms with van der Waals surface area (Å²) in [6.45, 7) is 5.68. The number of para-hydroxylation sites is 2. The quantitative estimate of drug-likeness (QED) is 0.771. The summed E-state index contributed by atoms with van der Waals surface area (Å²) in [6, 6.07) is 12.3. The number of aryl methyl sites for hydroxylation is 1. The molecule has 2 N–H and O–H groups in total. The van der Waals surface area contributed by atoms with E-state index in [9.17, 15) is 9.59 Å². The number of amides is 2. The van der Waals surface area contributed by atoms with Gasteiger partial charge in [-0.3, -0.25) is 9.59 Å². The summed E-state index contributed by atoms with van der Waals surface area (Å²) in [5.74, 6) is -0.973. The van der Waals surface area contributed by atoms with Crippen molar-refractivity contribution in [2.24, 2.45) is 0 Å². The fraction of sp³-hybridized carbons (Fsp3) is 0.222. The van der Waals surface area contributed by atoms with E-state index in [-0.39, 0.29) is 6.10 Å². The SMILES string of the molecule is Cc1cc(NC(=O)C(=O)Nc2ccccc2OC(C)C)ccc1Br. The van der Waals surface area contributed by atoms with Crippen LogP contribution < -0.4 is 15.4 Å². The monoisotopic (exact) mass is 390 g/mol. The highest BCUT2D eigenvalue weighted by molar-refractivity contribution is 9.10. The zero-order valence-electron chi connectivity index (χ0n) is 13.7. The number of hydrogen-bond acceptors (Lipinski definition) is 3. The van der Waals surface area contributed by atoms with Gasteiger partial charge in [0.05, 0.1) is 11.8 Å². The number of carbonyl (C=O) groups excluding carboxylic acids is 2. The molecule has 0 aliphatic carbocycles. The maximum atomic E-state index is 12.1. The van der Waals surface area contributed by atoms with Crippen molar-refractivity contribution in [3.05, 3.63) is 52.5 Å². The minimum atomic E-state index is -0.754. The Morgan fingerprint density at radius 1 is 1.04 bits per heavy atom. The molecule has 2 aromatic carbocycles. The Kier molecular flexibility index (Phi) is 5.98. The number of ether oxygens (including phenoxy) is 1. The van der Waals surface area contributed by atoms with Gasteiger partial charge in [-0.1, -0.05) is 28.1 Å². The molecular formula is C18H19BrN2O3. The molecule has 0 fully saturated rings. The molecule has 2 aromatic rings. The van der Waals surface area contributed by atoms with Crippen LogP contribution in [0, 0.1) is 6.92 Å². The van der Waals surface area contributed by atoms with Crippen LogP contribution in [0.25, 0.3) is 0 Å². The third-order valence-corrected chi connectivity index (χ3v) is 4.01. The van der Waals surface area contributed by atoms with Crippen molar-refractivity contribution in [3.63, 3.8) is 0 Å². The van der Waals surface area contributed by atoms with Crippen molar-refractivity contribution in [1.82, 2.24) is 0 Å². The van der Waals surface area contributed by atoms with Gasteiger partial charge in [-0.15, -0.1) is 0 Å². The second kappa shape index (κ2) is 7.97. The maximum Gasteiger partial charge on any atom is 0.314 e. The fourth-order valence-electron chi connectivity index (χ4n) is 2.02. The van der Waals surface area contributed by atoms with Crippen molar-refractivity contribution in [2.75, 3.05) is 10.6 Å². The second-order valence-corrected chi connectivity index (χ2v) is 6.39. The zero-order valence-corrected chi connectivity index (χ0v) is 15.3. The summed E-state index contributed by atoms with van der Waals surface area (Å²) in [6.07, 6.45) is -0.0392. The van der Waals surface area contributed by atoms with Crippen LogP contribution in [-0.2, 0) is 9.59 Å². The minimum Gasteiger partial charge on any atom is -0.489 e. The number of hydrogen-bond donors (Lipinski definition) is 2. The molecule has 0 spiro atoms. The Morgan fingerprint density at radius 2 is 1.71 bits per heavy atom. The van der Waals surface area contributed by atoms with Gasteiger partial charge in [0.25, 0.3) is 0 Å². The molecule has 0 aliphatic rings. The lowest BCUT2D eigenvalue weighted by atomic mass is 10.2. The van der Waals surface area contributed by atoms with Crippen LogP contribution in [0.4, 0.5) is 11.4 Å². The highest BCUT2D eigenvalue weighted by Crippen LogP contribution is 2.25. The molecule has 0 unspecified atom stereocenters. The van der Waals surface area contributed by atoms with E-state index < -0.39 is 11.8 Å². The first-order valence-corrected chi connectivity index (χ1v) is 8.30. The Labute approximate surface area is 149 Å². The van der Waals surface area contributed by atoms with E-state index >= 15 is 0 Å². The molecule has 0 saturated carbocycles. The number of anilines is 2. The van der Waals surface area contributed by atoms with Crippen LogP contribution in [0.2, 0.25) is 0 Å². The zero-order chi connectivity index (χ0) is 17.7. The van der Waals surface area contributed by atoms with Gasteiger partial charge < -0.3 is 15.4 Å². The molecule has 0 saturated heterocycles. The summed E-state index contributed by atoms with van der Waals surface area (Å²) in [4.78, 5) is 24.2. The van der Waals surface area contributed by atoms with E-state index in [4.69, 9.17) is 4.74 Å². The van der Waals surface area contributed by atoms with E-state index in [0.29, 0.717) is 17.1 Å². The summed E-state index contributed by atoms with van der Waals surface area (Å²) in [7, 11) is 0. The normalized spacial score (nSPS) is 10.4. The van der Waals surface area contributed by atoms with Crippen LogP contribution in [0.1, 0.15) is 19.4 Å². The Hall–Kier alpha value is -2.34. The van der Waals surface area contributed by atoms with Crippen molar-refractivity contribution in [1.29, 1.82) is 0 Å². The van der Waals surface area contributed by atoms with Crippen LogP contribution in [-0.4, -0.2) is 17.9 Å². The number of carbonyl (C=O) groups is 2. The van der Waals surface area contributed by atoms with Gasteiger partial charge >= 0.3 is 11.8 Å². The van der Waals surface area contributed by atoms with E-state index in [1.54, 1.807) is 36.4 Å². The van der Waals surface area contributed by atoms with Gasteiger partial charge in [-0.2, -0.15) is 0 Å². The minimum absolute atomic E-state index is 0.0392. The highest BCUT2D eigenvalue weighted by atomic mass is 79.9. The second-order valence-electron chi connectivity index (χ2n) is 5.53. The van der Waals surface area contributed by atoms with Crippen LogP contribution >= 0.6 is 15.9 Å². The molecule has 0 radical (unpaired) electrons. The van der Waals surface area contributed by atoms with Gasteiger partial charge in [0.2, 0.25) is 0 Å². The number of rotatable bonds is 4. The number of nitrogens with one attached hydrogen (secondary N) is 2.